The minimum absolute atomic E-state index is 0.180. The molecule has 2 aromatic rings. The molecule has 0 spiro atoms. The summed E-state index contributed by atoms with van der Waals surface area (Å²) in [5.41, 5.74) is 1.05. The fraction of sp³-hybridized carbons (Fsp3) is 0.357. The first-order valence-electron chi connectivity index (χ1n) is 6.80. The number of pyridine rings is 1. The standard InChI is InChI=1S/C14H15ClN2O3S2/c1-10-2-4-13(16-8-10)20-11-6-7-17(9-11)22(18,19)14-5-3-12(15)21-14/h2-5,8,11H,6-7,9H2,1H3. The summed E-state index contributed by atoms with van der Waals surface area (Å²) in [5, 5.41) is 0. The molecule has 118 valence electrons. The van der Waals surface area contributed by atoms with E-state index in [4.69, 9.17) is 16.3 Å². The smallest absolute Gasteiger partial charge is 0.252 e. The van der Waals surface area contributed by atoms with Crippen molar-refractivity contribution >= 4 is 33.0 Å². The van der Waals surface area contributed by atoms with Gasteiger partial charge in [0.05, 0.1) is 10.9 Å². The summed E-state index contributed by atoms with van der Waals surface area (Å²) in [6.45, 7) is 2.72. The molecule has 0 N–H and O–H groups in total. The van der Waals surface area contributed by atoms with Gasteiger partial charge in [-0.2, -0.15) is 4.31 Å². The van der Waals surface area contributed by atoms with E-state index in [1.165, 1.54) is 10.4 Å². The summed E-state index contributed by atoms with van der Waals surface area (Å²) in [7, 11) is -3.48. The lowest BCUT2D eigenvalue weighted by molar-refractivity contribution is 0.207. The number of rotatable bonds is 4. The van der Waals surface area contributed by atoms with Gasteiger partial charge in [0.25, 0.3) is 10.0 Å². The summed E-state index contributed by atoms with van der Waals surface area (Å²) >= 11 is 6.90. The highest BCUT2D eigenvalue weighted by Gasteiger charge is 2.34. The van der Waals surface area contributed by atoms with Crippen LogP contribution in [0.3, 0.4) is 0 Å². The Balaban J connectivity index is 1.68. The molecule has 22 heavy (non-hydrogen) atoms. The van der Waals surface area contributed by atoms with Gasteiger partial charge in [-0.15, -0.1) is 11.3 Å². The molecule has 1 atom stereocenters. The molecular formula is C14H15ClN2O3S2. The second-order valence-corrected chi connectivity index (χ2v) is 9.00. The van der Waals surface area contributed by atoms with Crippen LogP contribution < -0.4 is 4.74 Å². The first-order chi connectivity index (χ1) is 10.4. The first-order valence-corrected chi connectivity index (χ1v) is 9.43. The van der Waals surface area contributed by atoms with Crippen LogP contribution in [0, 0.1) is 6.92 Å². The van der Waals surface area contributed by atoms with Crippen molar-refractivity contribution in [3.05, 3.63) is 40.4 Å². The molecule has 3 rings (SSSR count). The van der Waals surface area contributed by atoms with Gasteiger partial charge in [0.15, 0.2) is 0 Å². The molecule has 0 saturated carbocycles. The number of hydrogen-bond donors (Lipinski definition) is 0. The zero-order valence-corrected chi connectivity index (χ0v) is 14.3. The molecule has 0 radical (unpaired) electrons. The topological polar surface area (TPSA) is 59.5 Å². The Bertz CT molecular complexity index is 759. The summed E-state index contributed by atoms with van der Waals surface area (Å²) in [5.74, 6) is 0.522. The lowest BCUT2D eigenvalue weighted by Gasteiger charge is -2.16. The Morgan fingerprint density at radius 3 is 2.82 bits per heavy atom. The van der Waals surface area contributed by atoms with E-state index in [0.29, 0.717) is 29.7 Å². The van der Waals surface area contributed by atoms with E-state index in [0.717, 1.165) is 16.9 Å². The van der Waals surface area contributed by atoms with E-state index in [9.17, 15) is 8.42 Å². The molecule has 1 saturated heterocycles. The second-order valence-electron chi connectivity index (χ2n) is 5.12. The van der Waals surface area contributed by atoms with Crippen molar-refractivity contribution in [2.75, 3.05) is 13.1 Å². The third-order valence-corrected chi connectivity index (χ3v) is 6.99. The average Bonchev–Trinajstić information content (AvgIpc) is 3.11. The maximum Gasteiger partial charge on any atom is 0.252 e. The molecule has 1 unspecified atom stereocenters. The molecule has 0 bridgehead atoms. The molecule has 1 fully saturated rings. The summed E-state index contributed by atoms with van der Waals surface area (Å²) in [6.07, 6.45) is 2.20. The van der Waals surface area contributed by atoms with Crippen LogP contribution in [0.25, 0.3) is 0 Å². The van der Waals surface area contributed by atoms with Gasteiger partial charge in [0, 0.05) is 18.8 Å². The minimum atomic E-state index is -3.48. The van der Waals surface area contributed by atoms with Crippen LogP contribution in [0.2, 0.25) is 4.34 Å². The van der Waals surface area contributed by atoms with Crippen molar-refractivity contribution in [3.63, 3.8) is 0 Å². The lowest BCUT2D eigenvalue weighted by Crippen LogP contribution is -2.30. The molecule has 0 amide bonds. The maximum absolute atomic E-state index is 12.5. The first kappa shape index (κ1) is 15.7. The predicted molar refractivity (Wildman–Crippen MR) is 86.1 cm³/mol. The fourth-order valence-corrected chi connectivity index (χ4v) is 5.39. The molecule has 0 aromatic carbocycles. The molecular weight excluding hydrogens is 344 g/mol. The highest BCUT2D eigenvalue weighted by atomic mass is 35.5. The zero-order chi connectivity index (χ0) is 15.7. The normalized spacial score (nSPS) is 19.5. The van der Waals surface area contributed by atoms with Crippen LogP contribution in [0.1, 0.15) is 12.0 Å². The fourth-order valence-electron chi connectivity index (χ4n) is 2.27. The van der Waals surface area contributed by atoms with Crippen molar-refractivity contribution in [2.45, 2.75) is 23.7 Å². The number of aromatic nitrogens is 1. The van der Waals surface area contributed by atoms with E-state index in [1.54, 1.807) is 18.3 Å². The monoisotopic (exact) mass is 358 g/mol. The van der Waals surface area contributed by atoms with E-state index < -0.39 is 10.0 Å². The highest BCUT2D eigenvalue weighted by Crippen LogP contribution is 2.30. The van der Waals surface area contributed by atoms with Crippen molar-refractivity contribution in [3.8, 4) is 5.88 Å². The Morgan fingerprint density at radius 2 is 2.18 bits per heavy atom. The number of halogens is 1. The highest BCUT2D eigenvalue weighted by molar-refractivity contribution is 7.91. The van der Waals surface area contributed by atoms with Crippen molar-refractivity contribution in [1.29, 1.82) is 0 Å². The minimum Gasteiger partial charge on any atom is -0.473 e. The predicted octanol–water partition coefficient (Wildman–Crippen LogP) is 2.95. The summed E-state index contributed by atoms with van der Waals surface area (Å²) in [4.78, 5) is 4.18. The van der Waals surface area contributed by atoms with Gasteiger partial charge in [0.2, 0.25) is 5.88 Å². The van der Waals surface area contributed by atoms with Crippen LogP contribution >= 0.6 is 22.9 Å². The number of ether oxygens (including phenoxy) is 1. The van der Waals surface area contributed by atoms with E-state index in [-0.39, 0.29) is 10.3 Å². The quantitative estimate of drug-likeness (QED) is 0.843. The molecule has 1 aliphatic heterocycles. The van der Waals surface area contributed by atoms with Gasteiger partial charge in [-0.25, -0.2) is 13.4 Å². The zero-order valence-electron chi connectivity index (χ0n) is 11.9. The van der Waals surface area contributed by atoms with Crippen molar-refractivity contribution < 1.29 is 13.2 Å². The van der Waals surface area contributed by atoms with E-state index in [1.807, 2.05) is 13.0 Å². The van der Waals surface area contributed by atoms with Crippen LogP contribution in [0.15, 0.2) is 34.7 Å². The van der Waals surface area contributed by atoms with Gasteiger partial charge in [-0.1, -0.05) is 17.7 Å². The Labute approximate surface area is 138 Å². The largest absolute Gasteiger partial charge is 0.473 e. The van der Waals surface area contributed by atoms with Gasteiger partial charge >= 0.3 is 0 Å². The summed E-state index contributed by atoms with van der Waals surface area (Å²) in [6, 6.07) is 6.85. The van der Waals surface area contributed by atoms with Gasteiger partial charge in [-0.05, 0) is 31.0 Å². The Hall–Kier alpha value is -1.15. The van der Waals surface area contributed by atoms with E-state index in [2.05, 4.69) is 4.98 Å². The average molecular weight is 359 g/mol. The number of nitrogens with zero attached hydrogens (tertiary/aromatic N) is 2. The van der Waals surface area contributed by atoms with Gasteiger partial charge < -0.3 is 4.74 Å². The summed E-state index contributed by atoms with van der Waals surface area (Å²) < 4.78 is 32.9. The van der Waals surface area contributed by atoms with Crippen LogP contribution in [0.4, 0.5) is 0 Å². The van der Waals surface area contributed by atoms with Crippen molar-refractivity contribution in [2.24, 2.45) is 0 Å². The Morgan fingerprint density at radius 1 is 1.36 bits per heavy atom. The van der Waals surface area contributed by atoms with Gasteiger partial charge in [-0.3, -0.25) is 0 Å². The van der Waals surface area contributed by atoms with Crippen molar-refractivity contribution in [1.82, 2.24) is 9.29 Å². The third-order valence-electron chi connectivity index (χ3n) is 3.42. The molecule has 3 heterocycles. The molecule has 2 aromatic heterocycles. The van der Waals surface area contributed by atoms with Crippen LogP contribution in [-0.4, -0.2) is 36.9 Å². The molecule has 8 heteroatoms. The van der Waals surface area contributed by atoms with Crippen LogP contribution in [0.5, 0.6) is 5.88 Å². The molecule has 1 aliphatic rings. The van der Waals surface area contributed by atoms with Crippen LogP contribution in [-0.2, 0) is 10.0 Å². The number of sulfonamides is 1. The number of thiophene rings is 1. The third kappa shape index (κ3) is 3.27. The molecule has 0 aliphatic carbocycles. The van der Waals surface area contributed by atoms with Gasteiger partial charge in [0.1, 0.15) is 10.3 Å². The van der Waals surface area contributed by atoms with E-state index >= 15 is 0 Å². The number of hydrogen-bond acceptors (Lipinski definition) is 5. The SMILES string of the molecule is Cc1ccc(OC2CCN(S(=O)(=O)c3ccc(Cl)s3)C2)nc1. The molecule has 5 nitrogen and oxygen atoms in total. The second kappa shape index (κ2) is 6.16. The maximum atomic E-state index is 12.5. The lowest BCUT2D eigenvalue weighted by atomic mass is 10.3. The Kier molecular flexibility index (Phi) is 4.40. The number of aryl methyl sites for hydroxylation is 1.